The van der Waals surface area contributed by atoms with E-state index in [2.05, 4.69) is 20.0 Å². The van der Waals surface area contributed by atoms with Crippen LogP contribution in [0.1, 0.15) is 10.4 Å². The summed E-state index contributed by atoms with van der Waals surface area (Å²) in [5.74, 6) is 0.984. The Bertz CT molecular complexity index is 882. The third kappa shape index (κ3) is 3.28. The van der Waals surface area contributed by atoms with Gasteiger partial charge in [0.25, 0.3) is 5.91 Å². The van der Waals surface area contributed by atoms with Crippen LogP contribution in [0.25, 0.3) is 11.3 Å². The number of hydrogen-bond acceptors (Lipinski definition) is 5. The number of nitrogens with zero attached hydrogens (tertiary/aromatic N) is 6. The Hall–Kier alpha value is -3.22. The first kappa shape index (κ1) is 16.3. The molecule has 26 heavy (non-hydrogen) atoms. The van der Waals surface area contributed by atoms with E-state index in [9.17, 15) is 4.79 Å². The van der Waals surface area contributed by atoms with Crippen molar-refractivity contribution in [3.63, 3.8) is 0 Å². The van der Waals surface area contributed by atoms with E-state index in [-0.39, 0.29) is 5.91 Å². The van der Waals surface area contributed by atoms with Crippen LogP contribution in [0.5, 0.6) is 0 Å². The van der Waals surface area contributed by atoms with Gasteiger partial charge in [-0.15, -0.1) is 0 Å². The molecule has 1 saturated heterocycles. The van der Waals surface area contributed by atoms with Crippen molar-refractivity contribution < 1.29 is 4.79 Å². The fraction of sp³-hybridized carbons (Fsp3) is 0.263. The zero-order chi connectivity index (χ0) is 17.9. The summed E-state index contributed by atoms with van der Waals surface area (Å²) in [6.45, 7) is 2.92. The lowest BCUT2D eigenvalue weighted by atomic mass is 10.1. The van der Waals surface area contributed by atoms with E-state index < -0.39 is 0 Å². The second-order valence-electron chi connectivity index (χ2n) is 6.30. The molecule has 0 bridgehead atoms. The SMILES string of the molecule is Cn1cc(-c2ccc(C(=O)N3CCN(c4ccccn4)CC3)cn2)cn1. The van der Waals surface area contributed by atoms with Crippen LogP contribution in [0.2, 0.25) is 0 Å². The maximum Gasteiger partial charge on any atom is 0.255 e. The number of hydrogen-bond donors (Lipinski definition) is 0. The molecule has 7 nitrogen and oxygen atoms in total. The summed E-state index contributed by atoms with van der Waals surface area (Å²) in [6, 6.07) is 9.59. The van der Waals surface area contributed by atoms with Crippen LogP contribution >= 0.6 is 0 Å². The number of carbonyl (C=O) groups is 1. The third-order valence-corrected chi connectivity index (χ3v) is 4.55. The van der Waals surface area contributed by atoms with Crippen LogP contribution < -0.4 is 4.90 Å². The van der Waals surface area contributed by atoms with Crippen molar-refractivity contribution in [1.82, 2.24) is 24.6 Å². The lowest BCUT2D eigenvalue weighted by Gasteiger charge is -2.35. The van der Waals surface area contributed by atoms with Crippen LogP contribution in [0.4, 0.5) is 5.82 Å². The largest absolute Gasteiger partial charge is 0.353 e. The van der Waals surface area contributed by atoms with Crippen molar-refractivity contribution in [2.75, 3.05) is 31.1 Å². The van der Waals surface area contributed by atoms with Gasteiger partial charge in [0.2, 0.25) is 0 Å². The molecule has 0 aliphatic carbocycles. The van der Waals surface area contributed by atoms with Crippen molar-refractivity contribution in [3.05, 3.63) is 60.7 Å². The molecule has 0 N–H and O–H groups in total. The molecule has 1 aliphatic rings. The molecule has 0 radical (unpaired) electrons. The number of rotatable bonds is 3. The Morgan fingerprint density at radius 2 is 1.85 bits per heavy atom. The van der Waals surface area contributed by atoms with Gasteiger partial charge in [-0.25, -0.2) is 4.98 Å². The average molecular weight is 348 g/mol. The first-order chi connectivity index (χ1) is 12.7. The Morgan fingerprint density at radius 1 is 1.00 bits per heavy atom. The Kier molecular flexibility index (Phi) is 4.35. The molecular weight excluding hydrogens is 328 g/mol. The Labute approximate surface area is 151 Å². The van der Waals surface area contributed by atoms with Crippen molar-refractivity contribution in [1.29, 1.82) is 0 Å². The van der Waals surface area contributed by atoms with Crippen molar-refractivity contribution in [3.8, 4) is 11.3 Å². The number of aromatic nitrogens is 4. The number of piperazine rings is 1. The molecule has 1 amide bonds. The van der Waals surface area contributed by atoms with Crippen molar-refractivity contribution >= 4 is 11.7 Å². The first-order valence-corrected chi connectivity index (χ1v) is 8.61. The molecule has 132 valence electrons. The highest BCUT2D eigenvalue weighted by Gasteiger charge is 2.23. The lowest BCUT2D eigenvalue weighted by molar-refractivity contribution is 0.0746. The van der Waals surface area contributed by atoms with E-state index in [1.807, 2.05) is 48.5 Å². The zero-order valence-electron chi connectivity index (χ0n) is 14.6. The van der Waals surface area contributed by atoms with Gasteiger partial charge in [0.05, 0.1) is 17.5 Å². The number of aryl methyl sites for hydroxylation is 1. The number of amides is 1. The third-order valence-electron chi connectivity index (χ3n) is 4.55. The van der Waals surface area contributed by atoms with E-state index in [1.54, 1.807) is 23.3 Å². The molecule has 3 aromatic heterocycles. The molecule has 0 spiro atoms. The van der Waals surface area contributed by atoms with E-state index in [1.165, 1.54) is 0 Å². The van der Waals surface area contributed by atoms with Gasteiger partial charge >= 0.3 is 0 Å². The highest BCUT2D eigenvalue weighted by Crippen LogP contribution is 2.18. The van der Waals surface area contributed by atoms with Gasteiger partial charge < -0.3 is 9.80 Å². The van der Waals surface area contributed by atoms with Crippen LogP contribution in [0, 0.1) is 0 Å². The fourth-order valence-corrected chi connectivity index (χ4v) is 3.11. The van der Waals surface area contributed by atoms with Gasteiger partial charge in [0, 0.05) is 57.4 Å². The maximum atomic E-state index is 12.7. The molecule has 0 aromatic carbocycles. The number of pyridine rings is 2. The van der Waals surface area contributed by atoms with Crippen LogP contribution in [-0.4, -0.2) is 56.7 Å². The first-order valence-electron chi connectivity index (χ1n) is 8.61. The van der Waals surface area contributed by atoms with E-state index in [0.29, 0.717) is 18.7 Å². The normalized spacial score (nSPS) is 14.5. The summed E-state index contributed by atoms with van der Waals surface area (Å²) < 4.78 is 1.73. The second kappa shape index (κ2) is 6.95. The Balaban J connectivity index is 1.40. The van der Waals surface area contributed by atoms with Gasteiger partial charge in [-0.1, -0.05) is 6.07 Å². The second-order valence-corrected chi connectivity index (χ2v) is 6.30. The van der Waals surface area contributed by atoms with Crippen LogP contribution in [0.3, 0.4) is 0 Å². The molecule has 1 fully saturated rings. The quantitative estimate of drug-likeness (QED) is 0.722. The Morgan fingerprint density at radius 3 is 2.46 bits per heavy atom. The topological polar surface area (TPSA) is 67.2 Å². The fourth-order valence-electron chi connectivity index (χ4n) is 3.11. The summed E-state index contributed by atoms with van der Waals surface area (Å²) in [5, 5.41) is 4.15. The molecular formula is C19H20N6O. The van der Waals surface area contributed by atoms with E-state index in [0.717, 1.165) is 30.2 Å². The molecule has 4 heterocycles. The van der Waals surface area contributed by atoms with Gasteiger partial charge in [-0.3, -0.25) is 14.5 Å². The van der Waals surface area contributed by atoms with E-state index in [4.69, 9.17) is 0 Å². The molecule has 4 rings (SSSR count). The van der Waals surface area contributed by atoms with Crippen molar-refractivity contribution in [2.45, 2.75) is 0 Å². The minimum absolute atomic E-state index is 0.0240. The smallest absolute Gasteiger partial charge is 0.255 e. The molecule has 1 aliphatic heterocycles. The highest BCUT2D eigenvalue weighted by atomic mass is 16.2. The predicted octanol–water partition coefficient (Wildman–Crippen LogP) is 1.84. The molecule has 7 heteroatoms. The predicted molar refractivity (Wildman–Crippen MR) is 98.8 cm³/mol. The highest BCUT2D eigenvalue weighted by molar-refractivity contribution is 5.94. The van der Waals surface area contributed by atoms with Gasteiger partial charge in [-0.2, -0.15) is 5.10 Å². The monoisotopic (exact) mass is 348 g/mol. The van der Waals surface area contributed by atoms with E-state index >= 15 is 0 Å². The van der Waals surface area contributed by atoms with Gasteiger partial charge in [-0.05, 0) is 24.3 Å². The zero-order valence-corrected chi connectivity index (χ0v) is 14.6. The van der Waals surface area contributed by atoms with Gasteiger partial charge in [0.15, 0.2) is 0 Å². The van der Waals surface area contributed by atoms with Gasteiger partial charge in [0.1, 0.15) is 5.82 Å². The molecule has 0 atom stereocenters. The minimum Gasteiger partial charge on any atom is -0.353 e. The lowest BCUT2D eigenvalue weighted by Crippen LogP contribution is -2.49. The maximum absolute atomic E-state index is 12.7. The molecule has 0 saturated carbocycles. The summed E-state index contributed by atoms with van der Waals surface area (Å²) >= 11 is 0. The van der Waals surface area contributed by atoms with Crippen LogP contribution in [0.15, 0.2) is 55.1 Å². The number of carbonyl (C=O) groups excluding carboxylic acids is 1. The summed E-state index contributed by atoms with van der Waals surface area (Å²) in [7, 11) is 1.87. The molecule has 3 aromatic rings. The van der Waals surface area contributed by atoms with Crippen molar-refractivity contribution in [2.24, 2.45) is 7.05 Å². The summed E-state index contributed by atoms with van der Waals surface area (Å²) in [4.78, 5) is 25.6. The summed E-state index contributed by atoms with van der Waals surface area (Å²) in [5.41, 5.74) is 2.37. The average Bonchev–Trinajstić information content (AvgIpc) is 3.15. The van der Waals surface area contributed by atoms with Crippen LogP contribution in [-0.2, 0) is 7.05 Å². The summed E-state index contributed by atoms with van der Waals surface area (Å²) in [6.07, 6.45) is 7.11. The molecule has 0 unspecified atom stereocenters. The standard InChI is InChI=1S/C19H20N6O/c1-23-14-16(13-22-23)17-6-5-15(12-21-17)19(26)25-10-8-24(9-11-25)18-4-2-3-7-20-18/h2-7,12-14H,8-11H2,1H3. The minimum atomic E-state index is 0.0240. The number of anilines is 1.